The average molecular weight is 321 g/mol. The van der Waals surface area contributed by atoms with Gasteiger partial charge in [-0.25, -0.2) is 0 Å². The van der Waals surface area contributed by atoms with Gasteiger partial charge in [0.15, 0.2) is 0 Å². The number of carbonyl (C=O) groups excluding carboxylic acids is 3. The fourth-order valence-electron chi connectivity index (χ4n) is 2.52. The highest BCUT2D eigenvalue weighted by atomic mass is 16.3. The average Bonchev–Trinajstić information content (AvgIpc) is 3.06. The smallest absolute Gasteiger partial charge is 0.224 e. The summed E-state index contributed by atoms with van der Waals surface area (Å²) in [5.41, 5.74) is 0. The standard InChI is InChI=1S/C16H23N3O4/c1-13(20)18-8-10-19(11-9-18)16(22)6-7-17-15(21)5-4-14-3-2-12-23-14/h2-3,12H,4-11H2,1H3,(H,17,21). The summed E-state index contributed by atoms with van der Waals surface area (Å²) in [6.45, 7) is 4.15. The Hall–Kier alpha value is -2.31. The lowest BCUT2D eigenvalue weighted by atomic mass is 10.2. The molecule has 7 heteroatoms. The highest BCUT2D eigenvalue weighted by molar-refractivity contribution is 5.79. The van der Waals surface area contributed by atoms with Crippen LogP contribution in [0, 0.1) is 0 Å². The zero-order valence-corrected chi connectivity index (χ0v) is 13.4. The summed E-state index contributed by atoms with van der Waals surface area (Å²) >= 11 is 0. The molecule has 23 heavy (non-hydrogen) atoms. The van der Waals surface area contributed by atoms with Crippen molar-refractivity contribution < 1.29 is 18.8 Å². The molecular weight excluding hydrogens is 298 g/mol. The number of hydrogen-bond donors (Lipinski definition) is 1. The van der Waals surface area contributed by atoms with Crippen molar-refractivity contribution in [1.82, 2.24) is 15.1 Å². The lowest BCUT2D eigenvalue weighted by Gasteiger charge is -2.34. The Morgan fingerprint density at radius 1 is 1.13 bits per heavy atom. The molecule has 0 spiro atoms. The molecule has 1 aliphatic heterocycles. The van der Waals surface area contributed by atoms with E-state index < -0.39 is 0 Å². The molecular formula is C16H23N3O4. The van der Waals surface area contributed by atoms with Crippen molar-refractivity contribution in [2.45, 2.75) is 26.2 Å². The van der Waals surface area contributed by atoms with Gasteiger partial charge in [0.2, 0.25) is 17.7 Å². The number of carbonyl (C=O) groups is 3. The number of furan rings is 1. The van der Waals surface area contributed by atoms with Crippen LogP contribution in [-0.4, -0.2) is 60.2 Å². The van der Waals surface area contributed by atoms with Crippen LogP contribution in [0.25, 0.3) is 0 Å². The molecule has 3 amide bonds. The van der Waals surface area contributed by atoms with E-state index in [0.717, 1.165) is 5.76 Å². The third kappa shape index (κ3) is 5.43. The molecule has 7 nitrogen and oxygen atoms in total. The van der Waals surface area contributed by atoms with E-state index in [-0.39, 0.29) is 24.1 Å². The fourth-order valence-corrected chi connectivity index (χ4v) is 2.52. The van der Waals surface area contributed by atoms with Crippen LogP contribution >= 0.6 is 0 Å². The Bertz CT molecular complexity index is 534. The largest absolute Gasteiger partial charge is 0.469 e. The second-order valence-electron chi connectivity index (χ2n) is 5.57. The molecule has 0 aliphatic carbocycles. The van der Waals surface area contributed by atoms with Gasteiger partial charge in [-0.2, -0.15) is 0 Å². The second kappa shape index (κ2) is 8.36. The van der Waals surface area contributed by atoms with Crippen LogP contribution in [0.4, 0.5) is 0 Å². The number of nitrogens with one attached hydrogen (secondary N) is 1. The molecule has 0 aromatic carbocycles. The topological polar surface area (TPSA) is 82.9 Å². The number of aryl methyl sites for hydroxylation is 1. The maximum absolute atomic E-state index is 12.1. The van der Waals surface area contributed by atoms with E-state index in [2.05, 4.69) is 5.32 Å². The number of hydrogen-bond acceptors (Lipinski definition) is 4. The molecule has 1 saturated heterocycles. The van der Waals surface area contributed by atoms with Crippen molar-refractivity contribution in [1.29, 1.82) is 0 Å². The number of rotatable bonds is 6. The molecule has 1 aliphatic rings. The quantitative estimate of drug-likeness (QED) is 0.822. The summed E-state index contributed by atoms with van der Waals surface area (Å²) in [5.74, 6) is 0.746. The van der Waals surface area contributed by atoms with Gasteiger partial charge < -0.3 is 19.5 Å². The third-order valence-electron chi connectivity index (χ3n) is 3.92. The minimum absolute atomic E-state index is 0.0135. The summed E-state index contributed by atoms with van der Waals surface area (Å²) in [5, 5.41) is 2.75. The minimum Gasteiger partial charge on any atom is -0.469 e. The van der Waals surface area contributed by atoms with Crippen molar-refractivity contribution in [3.8, 4) is 0 Å². The summed E-state index contributed by atoms with van der Waals surface area (Å²) in [6.07, 6.45) is 2.77. The van der Waals surface area contributed by atoms with Crippen molar-refractivity contribution in [2.24, 2.45) is 0 Å². The molecule has 1 aromatic heterocycles. The molecule has 2 rings (SSSR count). The summed E-state index contributed by atoms with van der Waals surface area (Å²) < 4.78 is 5.16. The van der Waals surface area contributed by atoms with E-state index in [9.17, 15) is 14.4 Å². The van der Waals surface area contributed by atoms with Gasteiger partial charge in [0.25, 0.3) is 0 Å². The molecule has 1 aromatic rings. The Kier molecular flexibility index (Phi) is 6.19. The monoisotopic (exact) mass is 321 g/mol. The molecule has 1 fully saturated rings. The highest BCUT2D eigenvalue weighted by Gasteiger charge is 2.21. The van der Waals surface area contributed by atoms with Gasteiger partial charge in [-0.3, -0.25) is 14.4 Å². The molecule has 0 saturated carbocycles. The Morgan fingerprint density at radius 3 is 2.43 bits per heavy atom. The van der Waals surface area contributed by atoms with E-state index in [1.165, 1.54) is 6.92 Å². The van der Waals surface area contributed by atoms with Crippen LogP contribution in [0.15, 0.2) is 22.8 Å². The predicted octanol–water partition coefficient (Wildman–Crippen LogP) is 0.409. The van der Waals surface area contributed by atoms with E-state index in [4.69, 9.17) is 4.42 Å². The van der Waals surface area contributed by atoms with Crippen LogP contribution in [0.3, 0.4) is 0 Å². The lowest BCUT2D eigenvalue weighted by Crippen LogP contribution is -2.50. The summed E-state index contributed by atoms with van der Waals surface area (Å²) in [7, 11) is 0. The molecule has 0 bridgehead atoms. The first-order valence-corrected chi connectivity index (χ1v) is 7.88. The van der Waals surface area contributed by atoms with Crippen molar-refractivity contribution >= 4 is 17.7 Å². The zero-order valence-electron chi connectivity index (χ0n) is 13.4. The SMILES string of the molecule is CC(=O)N1CCN(C(=O)CCNC(=O)CCc2ccco2)CC1. The zero-order chi connectivity index (χ0) is 16.7. The van der Waals surface area contributed by atoms with Gasteiger partial charge in [0, 0.05) is 58.9 Å². The molecule has 126 valence electrons. The fraction of sp³-hybridized carbons (Fsp3) is 0.562. The predicted molar refractivity (Wildman–Crippen MR) is 83.5 cm³/mol. The van der Waals surface area contributed by atoms with Gasteiger partial charge in [-0.1, -0.05) is 0 Å². The summed E-state index contributed by atoms with van der Waals surface area (Å²) in [6, 6.07) is 3.62. The van der Waals surface area contributed by atoms with Gasteiger partial charge in [-0.05, 0) is 12.1 Å². The highest BCUT2D eigenvalue weighted by Crippen LogP contribution is 2.05. The van der Waals surface area contributed by atoms with Crippen LogP contribution in [0.1, 0.15) is 25.5 Å². The van der Waals surface area contributed by atoms with Crippen LogP contribution in [0.5, 0.6) is 0 Å². The van der Waals surface area contributed by atoms with Crippen molar-refractivity contribution in [2.75, 3.05) is 32.7 Å². The number of piperazine rings is 1. The number of nitrogens with zero attached hydrogens (tertiary/aromatic N) is 2. The Balaban J connectivity index is 1.59. The van der Waals surface area contributed by atoms with Crippen molar-refractivity contribution in [3.05, 3.63) is 24.2 Å². The van der Waals surface area contributed by atoms with Gasteiger partial charge >= 0.3 is 0 Å². The third-order valence-corrected chi connectivity index (χ3v) is 3.92. The van der Waals surface area contributed by atoms with Crippen LogP contribution < -0.4 is 5.32 Å². The first kappa shape index (κ1) is 17.1. The molecule has 2 heterocycles. The Morgan fingerprint density at radius 2 is 1.83 bits per heavy atom. The molecule has 1 N–H and O–H groups in total. The second-order valence-corrected chi connectivity index (χ2v) is 5.57. The first-order chi connectivity index (χ1) is 11.1. The molecule has 0 atom stereocenters. The van der Waals surface area contributed by atoms with E-state index in [1.54, 1.807) is 22.1 Å². The maximum atomic E-state index is 12.1. The molecule has 0 unspecified atom stereocenters. The van der Waals surface area contributed by atoms with E-state index >= 15 is 0 Å². The van der Waals surface area contributed by atoms with E-state index in [0.29, 0.717) is 45.6 Å². The first-order valence-electron chi connectivity index (χ1n) is 7.88. The van der Waals surface area contributed by atoms with Gasteiger partial charge in [0.1, 0.15) is 5.76 Å². The minimum atomic E-state index is -0.0874. The normalized spacial score (nSPS) is 14.7. The van der Waals surface area contributed by atoms with Gasteiger partial charge in [0.05, 0.1) is 6.26 Å². The lowest BCUT2D eigenvalue weighted by molar-refractivity contribution is -0.138. The number of amides is 3. The van der Waals surface area contributed by atoms with Crippen LogP contribution in [0.2, 0.25) is 0 Å². The Labute approximate surface area is 135 Å². The van der Waals surface area contributed by atoms with Crippen LogP contribution in [-0.2, 0) is 20.8 Å². The van der Waals surface area contributed by atoms with Crippen molar-refractivity contribution in [3.63, 3.8) is 0 Å². The van der Waals surface area contributed by atoms with Gasteiger partial charge in [-0.15, -0.1) is 0 Å². The maximum Gasteiger partial charge on any atom is 0.224 e. The van der Waals surface area contributed by atoms with E-state index in [1.807, 2.05) is 6.07 Å². The molecule has 0 radical (unpaired) electrons. The summed E-state index contributed by atoms with van der Waals surface area (Å²) in [4.78, 5) is 38.5.